The van der Waals surface area contributed by atoms with Crippen LogP contribution in [-0.4, -0.2) is 36.9 Å². The van der Waals surface area contributed by atoms with Crippen LogP contribution in [0.2, 0.25) is 0 Å². The Labute approximate surface area is 117 Å². The average Bonchev–Trinajstić information content (AvgIpc) is 2.34. The van der Waals surface area contributed by atoms with Gasteiger partial charge < -0.3 is 15.8 Å². The summed E-state index contributed by atoms with van der Waals surface area (Å²) in [5.41, 5.74) is 4.68. The predicted molar refractivity (Wildman–Crippen MR) is 69.1 cm³/mol. The van der Waals surface area contributed by atoms with Gasteiger partial charge in [-0.3, -0.25) is 4.79 Å². The molecule has 0 heterocycles. The van der Waals surface area contributed by atoms with Crippen molar-refractivity contribution in [3.8, 4) is 0 Å². The van der Waals surface area contributed by atoms with Crippen molar-refractivity contribution in [1.29, 1.82) is 0 Å². The molecule has 0 saturated heterocycles. The fourth-order valence-electron chi connectivity index (χ4n) is 2.70. The first-order chi connectivity index (χ1) is 9.29. The molecule has 1 aliphatic rings. The molecule has 2 unspecified atom stereocenters. The van der Waals surface area contributed by atoms with E-state index in [1.807, 2.05) is 6.92 Å². The standard InChI is InChI=1S/C13H23F3N2O2/c1-2-18-12(11(17)19)6-3-5-10(9-12)20-8-4-7-13(14,15)16/h10,18H,2-9H2,1H3,(H2,17,19). The molecule has 0 radical (unpaired) electrons. The molecule has 0 aromatic rings. The van der Waals surface area contributed by atoms with Crippen LogP contribution >= 0.6 is 0 Å². The van der Waals surface area contributed by atoms with E-state index in [4.69, 9.17) is 10.5 Å². The first kappa shape index (κ1) is 17.2. The van der Waals surface area contributed by atoms with Gasteiger partial charge >= 0.3 is 6.18 Å². The maximum Gasteiger partial charge on any atom is 0.389 e. The van der Waals surface area contributed by atoms with Gasteiger partial charge in [-0.1, -0.05) is 6.92 Å². The second-order valence-corrected chi connectivity index (χ2v) is 5.28. The van der Waals surface area contributed by atoms with Crippen LogP contribution in [0.1, 0.15) is 45.4 Å². The van der Waals surface area contributed by atoms with Gasteiger partial charge in [-0.15, -0.1) is 0 Å². The molecule has 0 aromatic carbocycles. The lowest BCUT2D eigenvalue weighted by Gasteiger charge is -2.39. The number of amides is 1. The number of ether oxygens (including phenoxy) is 1. The predicted octanol–water partition coefficient (Wildman–Crippen LogP) is 2.12. The maximum atomic E-state index is 12.0. The van der Waals surface area contributed by atoms with Gasteiger partial charge in [0.1, 0.15) is 5.54 Å². The second kappa shape index (κ2) is 7.26. The van der Waals surface area contributed by atoms with Gasteiger partial charge in [-0.05, 0) is 32.2 Å². The zero-order valence-electron chi connectivity index (χ0n) is 11.8. The lowest BCUT2D eigenvalue weighted by atomic mass is 9.79. The Kier molecular flexibility index (Phi) is 6.26. The van der Waals surface area contributed by atoms with Crippen molar-refractivity contribution in [3.63, 3.8) is 0 Å². The van der Waals surface area contributed by atoms with E-state index in [1.54, 1.807) is 0 Å². The Morgan fingerprint density at radius 3 is 2.75 bits per heavy atom. The molecule has 0 aromatic heterocycles. The molecular weight excluding hydrogens is 273 g/mol. The quantitative estimate of drug-likeness (QED) is 0.707. The lowest BCUT2D eigenvalue weighted by molar-refractivity contribution is -0.140. The minimum absolute atomic E-state index is 0.0508. The van der Waals surface area contributed by atoms with E-state index in [2.05, 4.69) is 5.32 Å². The molecule has 2 atom stereocenters. The molecule has 118 valence electrons. The number of likely N-dealkylation sites (N-methyl/N-ethyl adjacent to an activating group) is 1. The average molecular weight is 296 g/mol. The molecule has 20 heavy (non-hydrogen) atoms. The highest BCUT2D eigenvalue weighted by Gasteiger charge is 2.41. The number of nitrogens with two attached hydrogens (primary N) is 1. The Morgan fingerprint density at radius 2 is 2.20 bits per heavy atom. The number of primary amides is 1. The number of rotatable bonds is 7. The number of alkyl halides is 3. The zero-order valence-corrected chi connectivity index (χ0v) is 11.8. The highest BCUT2D eigenvalue weighted by atomic mass is 19.4. The number of halogens is 3. The highest BCUT2D eigenvalue weighted by Crippen LogP contribution is 2.30. The third-order valence-corrected chi connectivity index (χ3v) is 3.65. The van der Waals surface area contributed by atoms with Crippen LogP contribution in [0.5, 0.6) is 0 Å². The van der Waals surface area contributed by atoms with Gasteiger partial charge in [0.2, 0.25) is 5.91 Å². The van der Waals surface area contributed by atoms with Crippen molar-refractivity contribution < 1.29 is 22.7 Å². The van der Waals surface area contributed by atoms with Crippen molar-refractivity contribution >= 4 is 5.91 Å². The second-order valence-electron chi connectivity index (χ2n) is 5.28. The summed E-state index contributed by atoms with van der Waals surface area (Å²) in [5, 5.41) is 3.11. The van der Waals surface area contributed by atoms with Crippen LogP contribution in [0.3, 0.4) is 0 Å². The van der Waals surface area contributed by atoms with Crippen molar-refractivity contribution in [2.24, 2.45) is 5.73 Å². The van der Waals surface area contributed by atoms with Gasteiger partial charge in [-0.25, -0.2) is 0 Å². The number of carbonyl (C=O) groups is 1. The Balaban J connectivity index is 2.42. The van der Waals surface area contributed by atoms with E-state index >= 15 is 0 Å². The van der Waals surface area contributed by atoms with Crippen LogP contribution in [0.25, 0.3) is 0 Å². The van der Waals surface area contributed by atoms with Crippen molar-refractivity contribution in [3.05, 3.63) is 0 Å². The third-order valence-electron chi connectivity index (χ3n) is 3.65. The largest absolute Gasteiger partial charge is 0.389 e. The molecule has 1 rings (SSSR count). The summed E-state index contributed by atoms with van der Waals surface area (Å²) in [7, 11) is 0. The van der Waals surface area contributed by atoms with Gasteiger partial charge in [-0.2, -0.15) is 13.2 Å². The van der Waals surface area contributed by atoms with E-state index in [0.717, 1.165) is 12.8 Å². The molecule has 1 saturated carbocycles. The summed E-state index contributed by atoms with van der Waals surface area (Å²) >= 11 is 0. The normalized spacial score (nSPS) is 27.5. The monoisotopic (exact) mass is 296 g/mol. The van der Waals surface area contributed by atoms with Gasteiger partial charge in [0.25, 0.3) is 0 Å². The number of carbonyl (C=O) groups excluding carboxylic acids is 1. The van der Waals surface area contributed by atoms with Crippen LogP contribution < -0.4 is 11.1 Å². The summed E-state index contributed by atoms with van der Waals surface area (Å²) < 4.78 is 41.6. The summed E-state index contributed by atoms with van der Waals surface area (Å²) in [6.45, 7) is 2.56. The number of hydrogen-bond acceptors (Lipinski definition) is 3. The minimum Gasteiger partial charge on any atom is -0.378 e. The van der Waals surface area contributed by atoms with E-state index in [0.29, 0.717) is 19.4 Å². The fourth-order valence-corrected chi connectivity index (χ4v) is 2.70. The summed E-state index contributed by atoms with van der Waals surface area (Å²) in [6.07, 6.45) is -2.62. The first-order valence-corrected chi connectivity index (χ1v) is 7.02. The highest BCUT2D eigenvalue weighted by molar-refractivity contribution is 5.84. The fraction of sp³-hybridized carbons (Fsp3) is 0.923. The molecule has 1 amide bonds. The van der Waals surface area contributed by atoms with Crippen molar-refractivity contribution in [1.82, 2.24) is 5.32 Å². The number of nitrogens with one attached hydrogen (secondary N) is 1. The summed E-state index contributed by atoms with van der Waals surface area (Å²) in [6, 6.07) is 0. The molecule has 4 nitrogen and oxygen atoms in total. The van der Waals surface area contributed by atoms with Crippen molar-refractivity contribution in [2.45, 2.75) is 63.3 Å². The summed E-state index contributed by atoms with van der Waals surface area (Å²) in [4.78, 5) is 11.6. The smallest absolute Gasteiger partial charge is 0.378 e. The summed E-state index contributed by atoms with van der Waals surface area (Å²) in [5.74, 6) is -0.414. The Morgan fingerprint density at radius 1 is 1.50 bits per heavy atom. The molecule has 1 fully saturated rings. The topological polar surface area (TPSA) is 64.3 Å². The molecule has 3 N–H and O–H groups in total. The van der Waals surface area contributed by atoms with E-state index < -0.39 is 24.0 Å². The van der Waals surface area contributed by atoms with Crippen LogP contribution in [0, 0.1) is 0 Å². The van der Waals surface area contributed by atoms with Crippen molar-refractivity contribution in [2.75, 3.05) is 13.2 Å². The van der Waals surface area contributed by atoms with E-state index in [-0.39, 0.29) is 19.1 Å². The third kappa shape index (κ3) is 5.28. The Hall–Kier alpha value is -0.820. The van der Waals surface area contributed by atoms with E-state index in [1.165, 1.54) is 0 Å². The van der Waals surface area contributed by atoms with Gasteiger partial charge in [0.15, 0.2) is 0 Å². The SMILES string of the molecule is CCNC1(C(N)=O)CCCC(OCCCC(F)(F)F)C1. The van der Waals surface area contributed by atoms with Crippen LogP contribution in [0.15, 0.2) is 0 Å². The molecule has 0 spiro atoms. The molecular formula is C13H23F3N2O2. The van der Waals surface area contributed by atoms with Crippen LogP contribution in [0.4, 0.5) is 13.2 Å². The van der Waals surface area contributed by atoms with E-state index in [9.17, 15) is 18.0 Å². The van der Waals surface area contributed by atoms with Gasteiger partial charge in [0, 0.05) is 19.4 Å². The maximum absolute atomic E-state index is 12.0. The van der Waals surface area contributed by atoms with Crippen LogP contribution in [-0.2, 0) is 9.53 Å². The zero-order chi connectivity index (χ0) is 15.2. The Bertz CT molecular complexity index is 319. The molecule has 1 aliphatic carbocycles. The minimum atomic E-state index is -4.14. The van der Waals surface area contributed by atoms with Gasteiger partial charge in [0.05, 0.1) is 6.10 Å². The molecule has 0 aliphatic heterocycles. The first-order valence-electron chi connectivity index (χ1n) is 7.02. The molecule has 0 bridgehead atoms. The molecule has 7 heteroatoms. The number of hydrogen-bond donors (Lipinski definition) is 2. The lowest BCUT2D eigenvalue weighted by Crippen LogP contribution is -2.58.